The van der Waals surface area contributed by atoms with Crippen LogP contribution in [0.2, 0.25) is 0 Å². The Morgan fingerprint density at radius 3 is 1.16 bits per heavy atom. The van der Waals surface area contributed by atoms with Crippen molar-refractivity contribution in [2.75, 3.05) is 14.1 Å². The first-order valence-corrected chi connectivity index (χ1v) is 15.4. The topological polar surface area (TPSA) is 157 Å². The van der Waals surface area contributed by atoms with Crippen LogP contribution in [0.5, 0.6) is 0 Å². The average Bonchev–Trinajstić information content (AvgIpc) is 3.02. The lowest BCUT2D eigenvalue weighted by Crippen LogP contribution is -2.56. The van der Waals surface area contributed by atoms with E-state index in [1.165, 1.54) is 14.1 Å². The minimum absolute atomic E-state index is 0.159. The first kappa shape index (κ1) is 36.4. The molecule has 0 aliphatic carbocycles. The predicted octanol–water partition coefficient (Wildman–Crippen LogP) is 1.98. The highest BCUT2D eigenvalue weighted by Crippen LogP contribution is 2.25. The average molecular weight is 611 g/mol. The number of carbonyl (C=O) groups is 4. The Bertz CT molecular complexity index is 1100. The van der Waals surface area contributed by atoms with Gasteiger partial charge in [0.1, 0.15) is 12.1 Å². The van der Waals surface area contributed by atoms with Crippen LogP contribution in [0.4, 0.5) is 0 Å². The molecule has 0 aromatic heterocycles. The highest BCUT2D eigenvalue weighted by atomic mass is 16.3. The minimum atomic E-state index is -1.64. The molecular formula is C34H50N4O6. The quantitative estimate of drug-likeness (QED) is 0.161. The second kappa shape index (κ2) is 18.1. The summed E-state index contributed by atoms with van der Waals surface area (Å²) in [7, 11) is 2.96. The minimum Gasteiger partial charge on any atom is -0.390 e. The molecule has 2 rings (SSSR count). The number of aliphatic hydroxyl groups excluding tert-OH is 2. The summed E-state index contributed by atoms with van der Waals surface area (Å²) >= 11 is 0. The van der Waals surface area contributed by atoms with Gasteiger partial charge in [-0.25, -0.2) is 0 Å². The summed E-state index contributed by atoms with van der Waals surface area (Å²) in [5, 5.41) is 33.9. The number of rotatable bonds is 17. The SMILES string of the molecule is CNC(=O)[C@@H](NC(=O)[C@@H](CCc1ccccc1)[C@H](O)[C@H](O)[C@H](CCc1ccccc1)C(=O)N[C@H](C(=O)NC)C(C)C)C(C)C. The van der Waals surface area contributed by atoms with Crippen molar-refractivity contribution in [3.8, 4) is 0 Å². The Balaban J connectivity index is 2.42. The number of amides is 4. The van der Waals surface area contributed by atoms with Crippen molar-refractivity contribution in [2.45, 2.75) is 77.7 Å². The maximum absolute atomic E-state index is 13.7. The maximum atomic E-state index is 13.7. The molecule has 4 amide bonds. The van der Waals surface area contributed by atoms with Crippen LogP contribution < -0.4 is 21.3 Å². The van der Waals surface area contributed by atoms with Crippen LogP contribution in [0.3, 0.4) is 0 Å². The number of nitrogens with one attached hydrogen (secondary N) is 4. The van der Waals surface area contributed by atoms with E-state index >= 15 is 0 Å². The molecule has 0 bridgehead atoms. The molecule has 0 saturated carbocycles. The van der Waals surface area contributed by atoms with Gasteiger partial charge in [0.25, 0.3) is 0 Å². The predicted molar refractivity (Wildman–Crippen MR) is 170 cm³/mol. The standard InChI is InChI=1S/C34H50N4O6/c1-21(2)27(33(43)35-5)37-31(41)25(19-17-23-13-9-7-10-14-23)29(39)30(40)26(20-18-24-15-11-8-12-16-24)32(42)38-28(22(3)4)34(44)36-6/h7-16,21-22,25-30,39-40H,17-20H2,1-6H3,(H,35,43)(H,36,44)(H,37,41)(H,38,42)/t25-,26-,27-,28-,29-,30+/m0/s1. The molecular weight excluding hydrogens is 560 g/mol. The van der Waals surface area contributed by atoms with Crippen molar-refractivity contribution in [3.63, 3.8) is 0 Å². The van der Waals surface area contributed by atoms with Crippen LogP contribution in [-0.2, 0) is 32.0 Å². The molecule has 6 atom stereocenters. The van der Waals surface area contributed by atoms with E-state index in [0.29, 0.717) is 12.8 Å². The van der Waals surface area contributed by atoms with Gasteiger partial charge in [0.05, 0.1) is 24.0 Å². The molecule has 0 spiro atoms. The molecule has 0 fully saturated rings. The van der Waals surface area contributed by atoms with Crippen molar-refractivity contribution >= 4 is 23.6 Å². The lowest BCUT2D eigenvalue weighted by atomic mass is 9.82. The van der Waals surface area contributed by atoms with Gasteiger partial charge < -0.3 is 31.5 Å². The van der Waals surface area contributed by atoms with Crippen LogP contribution in [0.15, 0.2) is 60.7 Å². The Hall–Kier alpha value is -3.76. The summed E-state index contributed by atoms with van der Waals surface area (Å²) < 4.78 is 0. The molecule has 10 nitrogen and oxygen atoms in total. The van der Waals surface area contributed by atoms with Gasteiger partial charge in [-0.05, 0) is 48.6 Å². The van der Waals surface area contributed by atoms with Gasteiger partial charge in [0, 0.05) is 14.1 Å². The zero-order valence-electron chi connectivity index (χ0n) is 26.7. The Morgan fingerprint density at radius 1 is 0.568 bits per heavy atom. The van der Waals surface area contributed by atoms with E-state index in [9.17, 15) is 29.4 Å². The lowest BCUT2D eigenvalue weighted by Gasteiger charge is -2.33. The zero-order chi connectivity index (χ0) is 32.8. The third kappa shape index (κ3) is 10.7. The van der Waals surface area contributed by atoms with Crippen LogP contribution >= 0.6 is 0 Å². The van der Waals surface area contributed by atoms with Crippen molar-refractivity contribution in [1.29, 1.82) is 0 Å². The number of hydrogen-bond donors (Lipinski definition) is 6. The van der Waals surface area contributed by atoms with Crippen molar-refractivity contribution in [1.82, 2.24) is 21.3 Å². The Kier molecular flexibility index (Phi) is 15.0. The van der Waals surface area contributed by atoms with E-state index < -0.39 is 47.9 Å². The summed E-state index contributed by atoms with van der Waals surface area (Å²) in [4.78, 5) is 52.4. The molecule has 0 heterocycles. The van der Waals surface area contributed by atoms with E-state index in [-0.39, 0.29) is 36.5 Å². The Labute approximate surface area is 261 Å². The molecule has 10 heteroatoms. The van der Waals surface area contributed by atoms with Crippen LogP contribution in [-0.4, -0.2) is 72.2 Å². The van der Waals surface area contributed by atoms with E-state index in [4.69, 9.17) is 0 Å². The second-order valence-electron chi connectivity index (χ2n) is 11.9. The lowest BCUT2D eigenvalue weighted by molar-refractivity contribution is -0.144. The van der Waals surface area contributed by atoms with Gasteiger partial charge in [0.2, 0.25) is 23.6 Å². The number of hydrogen-bond acceptors (Lipinski definition) is 6. The molecule has 0 radical (unpaired) electrons. The van der Waals surface area contributed by atoms with Crippen molar-refractivity contribution in [2.24, 2.45) is 23.7 Å². The second-order valence-corrected chi connectivity index (χ2v) is 11.9. The number of carbonyl (C=O) groups excluding carboxylic acids is 4. The summed E-state index contributed by atoms with van der Waals surface area (Å²) in [5.74, 6) is -4.69. The monoisotopic (exact) mass is 610 g/mol. The van der Waals surface area contributed by atoms with E-state index in [0.717, 1.165) is 11.1 Å². The van der Waals surface area contributed by atoms with E-state index in [1.54, 1.807) is 27.7 Å². The molecule has 0 unspecified atom stereocenters. The molecule has 44 heavy (non-hydrogen) atoms. The van der Waals surface area contributed by atoms with Gasteiger partial charge in [0.15, 0.2) is 0 Å². The molecule has 0 aliphatic rings. The fourth-order valence-corrected chi connectivity index (χ4v) is 5.23. The van der Waals surface area contributed by atoms with Gasteiger partial charge >= 0.3 is 0 Å². The summed E-state index contributed by atoms with van der Waals surface area (Å²) in [6, 6.07) is 17.1. The number of aliphatic hydroxyl groups is 2. The zero-order valence-corrected chi connectivity index (χ0v) is 26.7. The van der Waals surface area contributed by atoms with Crippen molar-refractivity contribution in [3.05, 3.63) is 71.8 Å². The molecule has 242 valence electrons. The molecule has 0 saturated heterocycles. The van der Waals surface area contributed by atoms with Crippen LogP contribution in [0, 0.1) is 23.7 Å². The molecule has 2 aromatic carbocycles. The fourth-order valence-electron chi connectivity index (χ4n) is 5.23. The van der Waals surface area contributed by atoms with Gasteiger partial charge in [-0.15, -0.1) is 0 Å². The van der Waals surface area contributed by atoms with Gasteiger partial charge in [-0.2, -0.15) is 0 Å². The fraction of sp³-hybridized carbons (Fsp3) is 0.529. The highest BCUT2D eigenvalue weighted by molar-refractivity contribution is 5.90. The van der Waals surface area contributed by atoms with E-state index in [2.05, 4.69) is 21.3 Å². The van der Waals surface area contributed by atoms with Crippen LogP contribution in [0.1, 0.15) is 51.7 Å². The van der Waals surface area contributed by atoms with Crippen LogP contribution in [0.25, 0.3) is 0 Å². The highest BCUT2D eigenvalue weighted by Gasteiger charge is 2.41. The molecule has 2 aromatic rings. The first-order chi connectivity index (χ1) is 20.9. The number of likely N-dealkylation sites (N-methyl/N-ethyl adjacent to an activating group) is 2. The number of benzene rings is 2. The first-order valence-electron chi connectivity index (χ1n) is 15.4. The van der Waals surface area contributed by atoms with Gasteiger partial charge in [-0.1, -0.05) is 88.4 Å². The smallest absolute Gasteiger partial charge is 0.242 e. The Morgan fingerprint density at radius 2 is 0.886 bits per heavy atom. The normalized spacial score (nSPS) is 15.4. The molecule has 6 N–H and O–H groups in total. The van der Waals surface area contributed by atoms with Crippen molar-refractivity contribution < 1.29 is 29.4 Å². The largest absolute Gasteiger partial charge is 0.390 e. The summed E-state index contributed by atoms with van der Waals surface area (Å²) in [6.45, 7) is 7.19. The summed E-state index contributed by atoms with van der Waals surface area (Å²) in [6.07, 6.45) is -2.12. The molecule has 0 aliphatic heterocycles. The number of aryl methyl sites for hydroxylation is 2. The third-order valence-corrected chi connectivity index (χ3v) is 8.01. The van der Waals surface area contributed by atoms with E-state index in [1.807, 2.05) is 60.7 Å². The van der Waals surface area contributed by atoms with Gasteiger partial charge in [-0.3, -0.25) is 19.2 Å². The maximum Gasteiger partial charge on any atom is 0.242 e. The summed E-state index contributed by atoms with van der Waals surface area (Å²) in [5.41, 5.74) is 1.87. The third-order valence-electron chi connectivity index (χ3n) is 8.01.